The number of hydrogen-bond acceptors (Lipinski definition) is 6. The van der Waals surface area contributed by atoms with E-state index in [1.807, 2.05) is 0 Å². The SMILES string of the molecule is CC1CN(C(=O)c2cc3nccc(Oc4ccc([N+](=O)[O-])cc4F)c3s2)C1. The third-order valence-corrected chi connectivity index (χ3v) is 5.41. The number of pyridine rings is 1. The van der Waals surface area contributed by atoms with Gasteiger partial charge in [0.25, 0.3) is 11.6 Å². The molecule has 1 aliphatic rings. The Bertz CT molecular complexity index is 1060. The molecule has 2 aromatic heterocycles. The third kappa shape index (κ3) is 3.21. The van der Waals surface area contributed by atoms with E-state index in [1.54, 1.807) is 17.0 Å². The van der Waals surface area contributed by atoms with E-state index < -0.39 is 10.7 Å². The number of likely N-dealkylation sites (tertiary alicyclic amines) is 1. The molecule has 7 nitrogen and oxygen atoms in total. The molecule has 3 heterocycles. The summed E-state index contributed by atoms with van der Waals surface area (Å²) < 4.78 is 20.4. The molecule has 1 fully saturated rings. The molecule has 1 amide bonds. The van der Waals surface area contributed by atoms with Crippen LogP contribution in [0.15, 0.2) is 36.5 Å². The van der Waals surface area contributed by atoms with Gasteiger partial charge in [0.1, 0.15) is 5.75 Å². The van der Waals surface area contributed by atoms with Crippen LogP contribution in [0.3, 0.4) is 0 Å². The lowest BCUT2D eigenvalue weighted by Gasteiger charge is -2.36. The number of nitrogens with zero attached hydrogens (tertiary/aromatic N) is 3. The predicted octanol–water partition coefficient (Wildman–Crippen LogP) is 4.23. The number of rotatable bonds is 4. The first kappa shape index (κ1) is 17.3. The summed E-state index contributed by atoms with van der Waals surface area (Å²) in [5.74, 6) is -0.176. The molecule has 0 unspecified atom stereocenters. The molecule has 0 spiro atoms. The van der Waals surface area contributed by atoms with Gasteiger partial charge in [-0.25, -0.2) is 4.39 Å². The number of aromatic nitrogens is 1. The summed E-state index contributed by atoms with van der Waals surface area (Å²) in [6, 6.07) is 6.46. The van der Waals surface area contributed by atoms with Gasteiger partial charge >= 0.3 is 0 Å². The fourth-order valence-electron chi connectivity index (χ4n) is 2.93. The maximum atomic E-state index is 14.1. The number of carbonyl (C=O) groups is 1. The van der Waals surface area contributed by atoms with Crippen LogP contribution in [0.1, 0.15) is 16.6 Å². The van der Waals surface area contributed by atoms with Gasteiger partial charge in [0.15, 0.2) is 11.6 Å². The van der Waals surface area contributed by atoms with Gasteiger partial charge in [-0.3, -0.25) is 19.9 Å². The summed E-state index contributed by atoms with van der Waals surface area (Å²) in [5, 5.41) is 10.7. The van der Waals surface area contributed by atoms with Crippen LogP contribution in [0.2, 0.25) is 0 Å². The number of thiophene rings is 1. The van der Waals surface area contributed by atoms with E-state index in [1.165, 1.54) is 29.7 Å². The van der Waals surface area contributed by atoms with E-state index in [0.29, 0.717) is 26.8 Å². The number of fused-ring (bicyclic) bond motifs is 1. The lowest BCUT2D eigenvalue weighted by atomic mass is 10.0. The number of nitro groups is 1. The van der Waals surface area contributed by atoms with Crippen molar-refractivity contribution in [2.24, 2.45) is 5.92 Å². The zero-order chi connectivity index (χ0) is 19.1. The second-order valence-corrected chi connectivity index (χ2v) is 7.48. The number of hydrogen-bond donors (Lipinski definition) is 0. The number of nitro benzene ring substituents is 1. The number of halogens is 1. The van der Waals surface area contributed by atoms with Crippen molar-refractivity contribution in [2.75, 3.05) is 13.1 Å². The number of benzene rings is 1. The molecule has 0 bridgehead atoms. The smallest absolute Gasteiger partial charge is 0.272 e. The molecular weight excluding hydrogens is 373 g/mol. The Kier molecular flexibility index (Phi) is 4.23. The van der Waals surface area contributed by atoms with Crippen molar-refractivity contribution in [3.05, 3.63) is 57.3 Å². The van der Waals surface area contributed by atoms with Crippen LogP contribution in [0.5, 0.6) is 11.5 Å². The van der Waals surface area contributed by atoms with Crippen molar-refractivity contribution < 1.29 is 18.8 Å². The molecule has 0 atom stereocenters. The van der Waals surface area contributed by atoms with Gasteiger partial charge < -0.3 is 9.64 Å². The van der Waals surface area contributed by atoms with Crippen LogP contribution in [-0.4, -0.2) is 33.8 Å². The van der Waals surface area contributed by atoms with Gasteiger partial charge in [-0.2, -0.15) is 0 Å². The molecule has 4 rings (SSSR count). The summed E-state index contributed by atoms with van der Waals surface area (Å²) in [6.45, 7) is 3.55. The normalized spacial score (nSPS) is 14.2. The highest BCUT2D eigenvalue weighted by molar-refractivity contribution is 7.21. The summed E-state index contributed by atoms with van der Waals surface area (Å²) in [4.78, 5) is 29.1. The molecule has 27 heavy (non-hydrogen) atoms. The fourth-order valence-corrected chi connectivity index (χ4v) is 3.96. The highest BCUT2D eigenvalue weighted by Gasteiger charge is 2.29. The highest BCUT2D eigenvalue weighted by Crippen LogP contribution is 2.37. The summed E-state index contributed by atoms with van der Waals surface area (Å²) in [7, 11) is 0. The van der Waals surface area contributed by atoms with Crippen molar-refractivity contribution in [1.82, 2.24) is 9.88 Å². The van der Waals surface area contributed by atoms with Gasteiger partial charge in [-0.15, -0.1) is 11.3 Å². The van der Waals surface area contributed by atoms with Crippen molar-refractivity contribution >= 4 is 33.1 Å². The molecule has 3 aromatic rings. The molecular formula is C18H14FN3O4S. The molecule has 9 heteroatoms. The minimum Gasteiger partial charge on any atom is -0.453 e. The largest absolute Gasteiger partial charge is 0.453 e. The average molecular weight is 387 g/mol. The first-order valence-corrected chi connectivity index (χ1v) is 9.03. The number of amides is 1. The monoisotopic (exact) mass is 387 g/mol. The van der Waals surface area contributed by atoms with Crippen molar-refractivity contribution in [1.29, 1.82) is 0 Å². The maximum Gasteiger partial charge on any atom is 0.272 e. The Morgan fingerprint density at radius 3 is 2.78 bits per heavy atom. The van der Waals surface area contributed by atoms with Crippen LogP contribution in [0.4, 0.5) is 10.1 Å². The summed E-state index contributed by atoms with van der Waals surface area (Å²) >= 11 is 1.23. The minimum absolute atomic E-state index is 0.0523. The fraction of sp³-hybridized carbons (Fsp3) is 0.222. The van der Waals surface area contributed by atoms with E-state index in [4.69, 9.17) is 4.74 Å². The molecule has 1 aromatic carbocycles. The van der Waals surface area contributed by atoms with Crippen molar-refractivity contribution in [3.63, 3.8) is 0 Å². The predicted molar refractivity (Wildman–Crippen MR) is 97.8 cm³/mol. The van der Waals surface area contributed by atoms with Crippen LogP contribution in [0, 0.1) is 21.8 Å². The van der Waals surface area contributed by atoms with Gasteiger partial charge in [-0.05, 0) is 18.1 Å². The number of ether oxygens (including phenoxy) is 1. The van der Waals surface area contributed by atoms with Crippen LogP contribution >= 0.6 is 11.3 Å². The quantitative estimate of drug-likeness (QED) is 0.494. The standard InChI is InChI=1S/C18H14FN3O4S/c1-10-8-21(9-10)18(23)16-7-13-17(27-16)15(4-5-20-13)26-14-3-2-11(22(24)25)6-12(14)19/h2-7,10H,8-9H2,1H3. The van der Waals surface area contributed by atoms with E-state index in [2.05, 4.69) is 11.9 Å². The zero-order valence-corrected chi connectivity index (χ0v) is 15.0. The summed E-state index contributed by atoms with van der Waals surface area (Å²) in [6.07, 6.45) is 1.51. The number of non-ortho nitro benzene ring substituents is 1. The Hall–Kier alpha value is -3.07. The lowest BCUT2D eigenvalue weighted by molar-refractivity contribution is -0.385. The van der Waals surface area contributed by atoms with E-state index in [0.717, 1.165) is 19.2 Å². The van der Waals surface area contributed by atoms with Gasteiger partial charge in [-0.1, -0.05) is 6.92 Å². The third-order valence-electron chi connectivity index (χ3n) is 4.28. The Morgan fingerprint density at radius 1 is 1.33 bits per heavy atom. The van der Waals surface area contributed by atoms with Crippen molar-refractivity contribution in [2.45, 2.75) is 6.92 Å². The highest BCUT2D eigenvalue weighted by atomic mass is 32.1. The molecule has 0 radical (unpaired) electrons. The minimum atomic E-state index is -0.836. The van der Waals surface area contributed by atoms with Crippen LogP contribution in [-0.2, 0) is 0 Å². The van der Waals surface area contributed by atoms with E-state index in [-0.39, 0.29) is 17.3 Å². The van der Waals surface area contributed by atoms with E-state index >= 15 is 0 Å². The number of carbonyl (C=O) groups excluding carboxylic acids is 1. The van der Waals surface area contributed by atoms with Crippen LogP contribution < -0.4 is 4.74 Å². The Balaban J connectivity index is 1.64. The van der Waals surface area contributed by atoms with Crippen LogP contribution in [0.25, 0.3) is 10.2 Å². The summed E-state index contributed by atoms with van der Waals surface area (Å²) in [5.41, 5.74) is 0.226. The molecule has 138 valence electrons. The van der Waals surface area contributed by atoms with Gasteiger partial charge in [0.2, 0.25) is 0 Å². The van der Waals surface area contributed by atoms with Crippen molar-refractivity contribution in [3.8, 4) is 11.5 Å². The molecule has 0 saturated carbocycles. The topological polar surface area (TPSA) is 85.6 Å². The molecule has 0 N–H and O–H groups in total. The molecule has 1 saturated heterocycles. The second-order valence-electron chi connectivity index (χ2n) is 6.42. The zero-order valence-electron chi connectivity index (χ0n) is 14.2. The molecule has 0 aliphatic carbocycles. The Labute approximate surface area is 157 Å². The maximum absolute atomic E-state index is 14.1. The average Bonchev–Trinajstić information content (AvgIpc) is 3.05. The first-order valence-electron chi connectivity index (χ1n) is 8.22. The van der Waals surface area contributed by atoms with Gasteiger partial charge in [0, 0.05) is 31.4 Å². The molecule has 1 aliphatic heterocycles. The first-order chi connectivity index (χ1) is 12.9. The second kappa shape index (κ2) is 6.58. The lowest BCUT2D eigenvalue weighted by Crippen LogP contribution is -2.48. The Morgan fingerprint density at radius 2 is 2.11 bits per heavy atom. The van der Waals surface area contributed by atoms with E-state index in [9.17, 15) is 19.3 Å². The van der Waals surface area contributed by atoms with Gasteiger partial charge in [0.05, 0.1) is 26.1 Å².